The van der Waals surface area contributed by atoms with Crippen LogP contribution in [0, 0.1) is 0 Å². The first kappa shape index (κ1) is 25.2. The highest BCUT2D eigenvalue weighted by molar-refractivity contribution is 5.94. The summed E-state index contributed by atoms with van der Waals surface area (Å²) in [5, 5.41) is 20.8. The molecule has 0 saturated carbocycles. The van der Waals surface area contributed by atoms with E-state index in [1.165, 1.54) is 0 Å². The van der Waals surface area contributed by atoms with E-state index in [4.69, 9.17) is 0 Å². The number of hydrogen-bond donors (Lipinski definition) is 2. The third kappa shape index (κ3) is 5.73. The van der Waals surface area contributed by atoms with Gasteiger partial charge >= 0.3 is 0 Å². The van der Waals surface area contributed by atoms with Crippen molar-refractivity contribution in [3.05, 3.63) is 178 Å². The molecule has 2 N–H and O–H groups in total. The maximum atomic E-state index is 10.4. The average molecular weight is 495 g/mol. The molecule has 0 atom stereocenters. The summed E-state index contributed by atoms with van der Waals surface area (Å²) in [4.78, 5) is 0. The summed E-state index contributed by atoms with van der Waals surface area (Å²) in [5.74, 6) is 0. The molecule has 5 rings (SSSR count). The van der Waals surface area contributed by atoms with Crippen LogP contribution in [0.5, 0.6) is 0 Å². The van der Waals surface area contributed by atoms with E-state index in [9.17, 15) is 10.2 Å². The van der Waals surface area contributed by atoms with E-state index in [-0.39, 0.29) is 13.2 Å². The zero-order chi connectivity index (χ0) is 26.2. The van der Waals surface area contributed by atoms with Crippen molar-refractivity contribution in [3.63, 3.8) is 0 Å². The van der Waals surface area contributed by atoms with Crippen LogP contribution in [0.2, 0.25) is 0 Å². The van der Waals surface area contributed by atoms with Gasteiger partial charge in [0.15, 0.2) is 0 Å². The molecule has 5 aromatic rings. The predicted octanol–water partition coefficient (Wildman–Crippen LogP) is 7.85. The van der Waals surface area contributed by atoms with E-state index >= 15 is 0 Å². The smallest absolute Gasteiger partial charge is 0.0687 e. The number of aliphatic hydroxyl groups is 2. The molecule has 0 radical (unpaired) electrons. The molecule has 0 heterocycles. The lowest BCUT2D eigenvalue weighted by Gasteiger charge is -2.15. The molecule has 2 heteroatoms. The maximum absolute atomic E-state index is 10.4. The van der Waals surface area contributed by atoms with Crippen LogP contribution in [0.3, 0.4) is 0 Å². The van der Waals surface area contributed by atoms with Crippen molar-refractivity contribution in [3.8, 4) is 0 Å². The normalized spacial score (nSPS) is 10.6. The van der Waals surface area contributed by atoms with Crippen LogP contribution < -0.4 is 0 Å². The van der Waals surface area contributed by atoms with Gasteiger partial charge in [-0.15, -0.1) is 0 Å². The Morgan fingerprint density at radius 3 is 0.921 bits per heavy atom. The van der Waals surface area contributed by atoms with Crippen molar-refractivity contribution < 1.29 is 10.2 Å². The van der Waals surface area contributed by atoms with Crippen LogP contribution in [0.4, 0.5) is 0 Å². The Labute approximate surface area is 224 Å². The van der Waals surface area contributed by atoms with Crippen LogP contribution in [0.25, 0.3) is 23.3 Å². The first-order valence-corrected chi connectivity index (χ1v) is 12.8. The third-order valence-corrected chi connectivity index (χ3v) is 6.68. The van der Waals surface area contributed by atoms with Gasteiger partial charge in [-0.25, -0.2) is 0 Å². The van der Waals surface area contributed by atoms with Crippen molar-refractivity contribution in [1.29, 1.82) is 0 Å². The average Bonchev–Trinajstić information content (AvgIpc) is 3.00. The van der Waals surface area contributed by atoms with Gasteiger partial charge < -0.3 is 10.2 Å². The number of benzene rings is 5. The van der Waals surface area contributed by atoms with Gasteiger partial charge in [-0.2, -0.15) is 0 Å². The molecular weight excluding hydrogens is 464 g/mol. The van der Waals surface area contributed by atoms with Crippen LogP contribution in [0.1, 0.15) is 44.5 Å². The molecule has 0 unspecified atom stereocenters. The van der Waals surface area contributed by atoms with E-state index in [0.717, 1.165) is 55.7 Å². The van der Waals surface area contributed by atoms with E-state index in [2.05, 4.69) is 60.7 Å². The Bertz CT molecular complexity index is 1330. The predicted molar refractivity (Wildman–Crippen MR) is 158 cm³/mol. The fourth-order valence-electron chi connectivity index (χ4n) is 4.72. The lowest BCUT2D eigenvalue weighted by atomic mass is 9.90. The summed E-state index contributed by atoms with van der Waals surface area (Å²) in [6.07, 6.45) is 4.22. The summed E-state index contributed by atoms with van der Waals surface area (Å²) in [5.41, 5.74) is 9.86. The molecule has 2 nitrogen and oxygen atoms in total. The minimum Gasteiger partial charge on any atom is -0.392 e. The zero-order valence-electron chi connectivity index (χ0n) is 21.2. The Morgan fingerprint density at radius 2 is 0.684 bits per heavy atom. The fraction of sp³-hybridized carbons (Fsp3) is 0.0556. The van der Waals surface area contributed by atoms with Crippen LogP contribution in [-0.4, -0.2) is 10.2 Å². The largest absolute Gasteiger partial charge is 0.392 e. The summed E-state index contributed by atoms with van der Waals surface area (Å²) in [6.45, 7) is -0.220. The summed E-state index contributed by atoms with van der Waals surface area (Å²) in [7, 11) is 0. The second-order valence-electron chi connectivity index (χ2n) is 9.15. The van der Waals surface area contributed by atoms with E-state index < -0.39 is 0 Å². The Morgan fingerprint density at radius 1 is 0.421 bits per heavy atom. The molecule has 38 heavy (non-hydrogen) atoms. The zero-order valence-corrected chi connectivity index (χ0v) is 21.2. The molecule has 0 aliphatic rings. The van der Waals surface area contributed by atoms with Gasteiger partial charge in [-0.05, 0) is 79.9 Å². The van der Waals surface area contributed by atoms with Crippen LogP contribution >= 0.6 is 0 Å². The first-order chi connectivity index (χ1) is 18.8. The second kappa shape index (κ2) is 12.2. The molecule has 186 valence electrons. The molecule has 0 fully saturated rings. The highest BCUT2D eigenvalue weighted by Gasteiger charge is 2.12. The molecule has 0 bridgehead atoms. The lowest BCUT2D eigenvalue weighted by molar-refractivity contribution is 0.277. The Kier molecular flexibility index (Phi) is 8.05. The summed E-state index contributed by atoms with van der Waals surface area (Å²) >= 11 is 0. The first-order valence-electron chi connectivity index (χ1n) is 12.8. The van der Waals surface area contributed by atoms with Crippen molar-refractivity contribution in [2.45, 2.75) is 13.2 Å². The molecular formula is C36H30O2. The molecule has 0 saturated heterocycles. The fourth-order valence-corrected chi connectivity index (χ4v) is 4.72. The lowest BCUT2D eigenvalue weighted by Crippen LogP contribution is -1.99. The topological polar surface area (TPSA) is 40.5 Å². The summed E-state index contributed by atoms with van der Waals surface area (Å²) in [6, 6.07) is 45.0. The van der Waals surface area contributed by atoms with Crippen molar-refractivity contribution in [2.24, 2.45) is 0 Å². The molecule has 0 spiro atoms. The van der Waals surface area contributed by atoms with Crippen LogP contribution in [0.15, 0.2) is 133 Å². The highest BCUT2D eigenvalue weighted by atomic mass is 16.3. The van der Waals surface area contributed by atoms with Gasteiger partial charge in [-0.3, -0.25) is 0 Å². The Hall–Kier alpha value is -4.50. The minimum absolute atomic E-state index is 0.110. The van der Waals surface area contributed by atoms with Gasteiger partial charge in [0.25, 0.3) is 0 Å². The van der Waals surface area contributed by atoms with E-state index in [1.807, 2.05) is 84.9 Å². The number of hydrogen-bond acceptors (Lipinski definition) is 2. The summed E-state index contributed by atoms with van der Waals surface area (Å²) < 4.78 is 0. The monoisotopic (exact) mass is 494 g/mol. The van der Waals surface area contributed by atoms with Crippen molar-refractivity contribution in [1.82, 2.24) is 0 Å². The maximum Gasteiger partial charge on any atom is 0.0687 e. The van der Waals surface area contributed by atoms with E-state index in [0.29, 0.717) is 0 Å². The minimum atomic E-state index is -0.110. The number of rotatable bonds is 8. The van der Waals surface area contributed by atoms with Crippen LogP contribution in [-0.2, 0) is 13.2 Å². The molecule has 5 aromatic carbocycles. The standard InChI is InChI=1S/C36H30O2/c37-25-33-22-32(24-36(29-17-9-3-10-18-29)30-19-11-4-12-20-30)34(26-38)21-31(33)23-35(27-13-5-1-6-14-27)28-15-7-2-8-16-28/h1-24,37-38H,25-26H2. The SMILES string of the molecule is OCc1cc(C=C(c2ccccc2)c2ccccc2)c(CO)cc1C=C(c1ccccc1)c1ccccc1. The second-order valence-corrected chi connectivity index (χ2v) is 9.15. The quantitative estimate of drug-likeness (QED) is 0.216. The highest BCUT2D eigenvalue weighted by Crippen LogP contribution is 2.31. The van der Waals surface area contributed by atoms with Crippen molar-refractivity contribution in [2.75, 3.05) is 0 Å². The van der Waals surface area contributed by atoms with Gasteiger partial charge in [0.05, 0.1) is 13.2 Å². The number of aliphatic hydroxyl groups excluding tert-OH is 2. The third-order valence-electron chi connectivity index (χ3n) is 6.68. The van der Waals surface area contributed by atoms with Gasteiger partial charge in [0, 0.05) is 0 Å². The van der Waals surface area contributed by atoms with E-state index in [1.54, 1.807) is 0 Å². The van der Waals surface area contributed by atoms with Crippen molar-refractivity contribution >= 4 is 23.3 Å². The van der Waals surface area contributed by atoms with Gasteiger partial charge in [-0.1, -0.05) is 121 Å². The molecule has 0 aliphatic heterocycles. The van der Waals surface area contributed by atoms with Gasteiger partial charge in [0.2, 0.25) is 0 Å². The Balaban J connectivity index is 1.68. The molecule has 0 amide bonds. The van der Waals surface area contributed by atoms with Gasteiger partial charge in [0.1, 0.15) is 0 Å². The molecule has 0 aliphatic carbocycles. The molecule has 0 aromatic heterocycles.